The number of aromatic nitrogens is 3. The third-order valence-corrected chi connectivity index (χ3v) is 5.11. The summed E-state index contributed by atoms with van der Waals surface area (Å²) >= 11 is 9.71. The fourth-order valence-electron chi connectivity index (χ4n) is 2.73. The Bertz CT molecular complexity index is 1020. The van der Waals surface area contributed by atoms with Crippen molar-refractivity contribution in [2.24, 2.45) is 4.99 Å². The van der Waals surface area contributed by atoms with Crippen LogP contribution in [0.25, 0.3) is 5.69 Å². The summed E-state index contributed by atoms with van der Waals surface area (Å²) in [5.41, 5.74) is 0.236. The second-order valence-corrected chi connectivity index (χ2v) is 6.49. The van der Waals surface area contributed by atoms with E-state index >= 15 is 0 Å². The molecule has 0 fully saturated rings. The molecule has 1 unspecified atom stereocenters. The van der Waals surface area contributed by atoms with Crippen LogP contribution in [0.4, 0.5) is 8.78 Å². The van der Waals surface area contributed by atoms with Crippen LogP contribution in [0.2, 0.25) is 5.02 Å². The molecule has 0 aliphatic carbocycles. The molecule has 0 radical (unpaired) electrons. The minimum Gasteiger partial charge on any atom is -0.365 e. The highest BCUT2D eigenvalue weighted by Crippen LogP contribution is 2.37. The molecule has 0 saturated carbocycles. The molecule has 0 saturated heterocycles. The van der Waals surface area contributed by atoms with E-state index in [4.69, 9.17) is 11.6 Å². The Morgan fingerprint density at radius 1 is 1.12 bits per heavy atom. The van der Waals surface area contributed by atoms with Gasteiger partial charge in [0.25, 0.3) is 0 Å². The number of fused-ring (bicyclic) bond motifs is 3. The summed E-state index contributed by atoms with van der Waals surface area (Å²) in [6.45, 7) is 0. The lowest BCUT2D eigenvalue weighted by molar-refractivity contribution is 0.177. The first-order valence-corrected chi connectivity index (χ1v) is 8.25. The van der Waals surface area contributed by atoms with Crippen LogP contribution >= 0.6 is 27.5 Å². The standard InChI is InChI=1S/C16H8BrClF2N4O/c17-7-4-5-10-12(13(7)18)14(11-8(19)2-1-3-9(11)20)22-16(25)15-23-21-6-24(10)15/h1-6,16,25H. The topological polar surface area (TPSA) is 63.3 Å². The number of aliphatic imine (C=N–C) groups is 1. The van der Waals surface area contributed by atoms with E-state index < -0.39 is 17.9 Å². The number of aliphatic hydroxyl groups excluding tert-OH is 1. The molecule has 1 aliphatic heterocycles. The molecule has 126 valence electrons. The van der Waals surface area contributed by atoms with Gasteiger partial charge in [0, 0.05) is 10.0 Å². The van der Waals surface area contributed by atoms with Crippen LogP contribution in [0.1, 0.15) is 23.2 Å². The number of rotatable bonds is 1. The van der Waals surface area contributed by atoms with Gasteiger partial charge in [-0.1, -0.05) is 17.7 Å². The molecule has 25 heavy (non-hydrogen) atoms. The Hall–Kier alpha value is -2.16. The van der Waals surface area contributed by atoms with Gasteiger partial charge in [-0.2, -0.15) is 0 Å². The molecule has 0 spiro atoms. The smallest absolute Gasteiger partial charge is 0.207 e. The van der Waals surface area contributed by atoms with E-state index in [0.717, 1.165) is 12.1 Å². The summed E-state index contributed by atoms with van der Waals surface area (Å²) in [4.78, 5) is 4.09. The molecule has 5 nitrogen and oxygen atoms in total. The molecule has 1 aromatic heterocycles. The second kappa shape index (κ2) is 5.98. The van der Waals surface area contributed by atoms with Crippen LogP contribution in [0.3, 0.4) is 0 Å². The molecule has 9 heteroatoms. The molecule has 0 bridgehead atoms. The number of halogens is 4. The molecule has 1 atom stereocenters. The zero-order chi connectivity index (χ0) is 17.7. The summed E-state index contributed by atoms with van der Waals surface area (Å²) in [7, 11) is 0. The zero-order valence-electron chi connectivity index (χ0n) is 12.3. The van der Waals surface area contributed by atoms with Gasteiger partial charge in [0.1, 0.15) is 18.0 Å². The van der Waals surface area contributed by atoms with E-state index in [1.54, 1.807) is 12.1 Å². The van der Waals surface area contributed by atoms with Crippen LogP contribution in [0.15, 0.2) is 46.1 Å². The Kier molecular flexibility index (Phi) is 3.90. The first-order chi connectivity index (χ1) is 12.0. The largest absolute Gasteiger partial charge is 0.365 e. The lowest BCUT2D eigenvalue weighted by Crippen LogP contribution is -2.12. The van der Waals surface area contributed by atoms with Gasteiger partial charge >= 0.3 is 0 Å². The maximum Gasteiger partial charge on any atom is 0.207 e. The van der Waals surface area contributed by atoms with Crippen molar-refractivity contribution in [2.45, 2.75) is 6.23 Å². The van der Waals surface area contributed by atoms with Crippen molar-refractivity contribution < 1.29 is 13.9 Å². The number of hydrogen-bond acceptors (Lipinski definition) is 4. The Labute approximate surface area is 153 Å². The molecular formula is C16H8BrClF2N4O. The van der Waals surface area contributed by atoms with Crippen LogP contribution in [0.5, 0.6) is 0 Å². The minimum atomic E-state index is -1.46. The molecular weight excluding hydrogens is 418 g/mol. The van der Waals surface area contributed by atoms with E-state index in [1.165, 1.54) is 17.0 Å². The van der Waals surface area contributed by atoms with Crippen LogP contribution in [-0.2, 0) is 0 Å². The van der Waals surface area contributed by atoms with Crippen molar-refractivity contribution in [1.29, 1.82) is 0 Å². The van der Waals surface area contributed by atoms with E-state index in [0.29, 0.717) is 10.2 Å². The van der Waals surface area contributed by atoms with Crippen LogP contribution < -0.4 is 0 Å². The van der Waals surface area contributed by atoms with Crippen molar-refractivity contribution in [2.75, 3.05) is 0 Å². The van der Waals surface area contributed by atoms with Gasteiger partial charge < -0.3 is 5.11 Å². The molecule has 3 aromatic rings. The Balaban J connectivity index is 2.13. The van der Waals surface area contributed by atoms with Gasteiger partial charge in [0.05, 0.1) is 22.0 Å². The highest BCUT2D eigenvalue weighted by molar-refractivity contribution is 9.10. The average molecular weight is 426 g/mol. The third-order valence-electron chi connectivity index (χ3n) is 3.83. The predicted molar refractivity (Wildman–Crippen MR) is 91.0 cm³/mol. The van der Waals surface area contributed by atoms with Gasteiger partial charge in [-0.25, -0.2) is 13.8 Å². The average Bonchev–Trinajstić information content (AvgIpc) is 3.02. The number of benzene rings is 2. The van der Waals surface area contributed by atoms with Crippen LogP contribution in [0, 0.1) is 11.6 Å². The molecule has 4 rings (SSSR count). The quantitative estimate of drug-likeness (QED) is 0.645. The summed E-state index contributed by atoms with van der Waals surface area (Å²) in [5, 5.41) is 18.2. The van der Waals surface area contributed by atoms with Gasteiger partial charge in [-0.05, 0) is 40.2 Å². The van der Waals surface area contributed by atoms with E-state index in [-0.39, 0.29) is 27.7 Å². The van der Waals surface area contributed by atoms with Gasteiger partial charge in [-0.3, -0.25) is 4.57 Å². The summed E-state index contributed by atoms with van der Waals surface area (Å²) < 4.78 is 30.8. The normalized spacial score (nSPS) is 16.0. The lowest BCUT2D eigenvalue weighted by Gasteiger charge is -2.15. The van der Waals surface area contributed by atoms with Gasteiger partial charge in [-0.15, -0.1) is 10.2 Å². The number of hydrogen-bond donors (Lipinski definition) is 1. The van der Waals surface area contributed by atoms with Crippen molar-refractivity contribution >= 4 is 33.2 Å². The van der Waals surface area contributed by atoms with Crippen LogP contribution in [-0.4, -0.2) is 25.6 Å². The Morgan fingerprint density at radius 3 is 2.56 bits per heavy atom. The minimum absolute atomic E-state index is 0.102. The molecule has 1 aliphatic rings. The summed E-state index contributed by atoms with van der Waals surface area (Å²) in [6, 6.07) is 6.83. The monoisotopic (exact) mass is 424 g/mol. The first kappa shape index (κ1) is 16.3. The third kappa shape index (κ3) is 2.48. The second-order valence-electron chi connectivity index (χ2n) is 5.26. The number of nitrogens with zero attached hydrogens (tertiary/aromatic N) is 4. The summed E-state index contributed by atoms with van der Waals surface area (Å²) in [5.74, 6) is -1.51. The van der Waals surface area contributed by atoms with Crippen molar-refractivity contribution in [3.63, 3.8) is 0 Å². The molecule has 0 amide bonds. The SMILES string of the molecule is OC1N=C(c2c(F)cccc2F)c2c(ccc(Br)c2Cl)-n2cnnc21. The van der Waals surface area contributed by atoms with Crippen molar-refractivity contribution in [3.05, 3.63) is 74.7 Å². The Morgan fingerprint density at radius 2 is 1.84 bits per heavy atom. The van der Waals surface area contributed by atoms with Gasteiger partial charge in [0.2, 0.25) is 6.23 Å². The van der Waals surface area contributed by atoms with E-state index in [9.17, 15) is 13.9 Å². The molecule has 2 aromatic carbocycles. The first-order valence-electron chi connectivity index (χ1n) is 7.08. The highest BCUT2D eigenvalue weighted by Gasteiger charge is 2.30. The fourth-order valence-corrected chi connectivity index (χ4v) is 3.31. The van der Waals surface area contributed by atoms with Crippen molar-refractivity contribution in [3.8, 4) is 5.69 Å². The molecule has 1 N–H and O–H groups in total. The van der Waals surface area contributed by atoms with Gasteiger partial charge in [0.15, 0.2) is 5.82 Å². The van der Waals surface area contributed by atoms with E-state index in [2.05, 4.69) is 31.1 Å². The highest BCUT2D eigenvalue weighted by atomic mass is 79.9. The van der Waals surface area contributed by atoms with E-state index in [1.807, 2.05) is 0 Å². The lowest BCUT2D eigenvalue weighted by atomic mass is 9.99. The molecule has 2 heterocycles. The fraction of sp³-hybridized carbons (Fsp3) is 0.0625. The number of aliphatic hydroxyl groups is 1. The maximum atomic E-state index is 14.4. The zero-order valence-corrected chi connectivity index (χ0v) is 14.6. The van der Waals surface area contributed by atoms with Crippen molar-refractivity contribution in [1.82, 2.24) is 14.8 Å². The summed E-state index contributed by atoms with van der Waals surface area (Å²) in [6.07, 6.45) is -0.0867. The maximum absolute atomic E-state index is 14.4. The predicted octanol–water partition coefficient (Wildman–Crippen LogP) is 3.80.